The average Bonchev–Trinajstić information content (AvgIpc) is 3.28. The largest absolute Gasteiger partial charge is 0.504 e. The van der Waals surface area contributed by atoms with E-state index in [0.29, 0.717) is 9.23 Å². The molecule has 0 spiro atoms. The number of non-ortho nitro benzene ring substituents is 1. The SMILES string of the molecule is COc1cc([N+](=O)[O-])cc(/C=C2\SC(=S)N(C3CC3)C2=O)c1O. The van der Waals surface area contributed by atoms with Crippen LogP contribution < -0.4 is 4.74 Å². The Kier molecular flexibility index (Phi) is 3.99. The third-order valence-corrected chi connectivity index (χ3v) is 4.87. The van der Waals surface area contributed by atoms with E-state index in [1.165, 1.54) is 19.3 Å². The number of methoxy groups -OCH3 is 1. The number of ether oxygens (including phenoxy) is 1. The van der Waals surface area contributed by atoms with Crippen LogP contribution in [0.5, 0.6) is 11.5 Å². The van der Waals surface area contributed by atoms with Crippen LogP contribution in [0.4, 0.5) is 5.69 Å². The molecule has 1 amide bonds. The standard InChI is InChI=1S/C14H12N2O5S2/c1-21-10-6-9(16(19)20)4-7(12(10)17)5-11-13(18)15(8-2-3-8)14(22)23-11/h4-6,8,17H,2-3H2,1H3/b11-5-. The molecule has 3 rings (SSSR count). The smallest absolute Gasteiger partial charge is 0.274 e. The number of hydrogen-bond donors (Lipinski definition) is 1. The lowest BCUT2D eigenvalue weighted by Crippen LogP contribution is -2.30. The van der Waals surface area contributed by atoms with E-state index in [2.05, 4.69) is 0 Å². The van der Waals surface area contributed by atoms with E-state index in [1.54, 1.807) is 4.90 Å². The molecule has 7 nitrogen and oxygen atoms in total. The molecule has 2 fully saturated rings. The summed E-state index contributed by atoms with van der Waals surface area (Å²) in [4.78, 5) is 24.7. The van der Waals surface area contributed by atoms with Gasteiger partial charge in [-0.2, -0.15) is 0 Å². The van der Waals surface area contributed by atoms with Gasteiger partial charge in [-0.1, -0.05) is 24.0 Å². The lowest BCUT2D eigenvalue weighted by Gasteiger charge is -2.12. The quantitative estimate of drug-likeness (QED) is 0.385. The second-order valence-corrected chi connectivity index (χ2v) is 6.80. The van der Waals surface area contributed by atoms with E-state index in [4.69, 9.17) is 17.0 Å². The van der Waals surface area contributed by atoms with Crippen molar-refractivity contribution in [2.24, 2.45) is 0 Å². The highest BCUT2D eigenvalue weighted by Crippen LogP contribution is 2.42. The number of amides is 1. The van der Waals surface area contributed by atoms with E-state index in [-0.39, 0.29) is 34.7 Å². The topological polar surface area (TPSA) is 92.9 Å². The molecule has 0 bridgehead atoms. The van der Waals surface area contributed by atoms with E-state index >= 15 is 0 Å². The second-order valence-electron chi connectivity index (χ2n) is 5.13. The van der Waals surface area contributed by atoms with Crippen LogP contribution in [-0.4, -0.2) is 38.3 Å². The molecule has 1 saturated heterocycles. The van der Waals surface area contributed by atoms with E-state index in [0.717, 1.165) is 30.7 Å². The molecule has 1 aromatic rings. The zero-order valence-corrected chi connectivity index (χ0v) is 13.6. The van der Waals surface area contributed by atoms with Gasteiger partial charge in [0, 0.05) is 17.7 Å². The number of phenolic OH excluding ortho intramolecular Hbond substituents is 1. The molecule has 9 heteroatoms. The van der Waals surface area contributed by atoms with Crippen molar-refractivity contribution >= 4 is 46.0 Å². The van der Waals surface area contributed by atoms with Gasteiger partial charge in [0.2, 0.25) is 0 Å². The molecule has 0 unspecified atom stereocenters. The molecule has 120 valence electrons. The Morgan fingerprint density at radius 3 is 2.78 bits per heavy atom. The Morgan fingerprint density at radius 1 is 1.52 bits per heavy atom. The van der Waals surface area contributed by atoms with Gasteiger partial charge in [0.05, 0.1) is 23.0 Å². The zero-order chi connectivity index (χ0) is 16.7. The Morgan fingerprint density at radius 2 is 2.22 bits per heavy atom. The molecular weight excluding hydrogens is 340 g/mol. The van der Waals surface area contributed by atoms with Crippen LogP contribution >= 0.6 is 24.0 Å². The predicted octanol–water partition coefficient (Wildman–Crippen LogP) is 2.67. The van der Waals surface area contributed by atoms with Gasteiger partial charge in [0.25, 0.3) is 11.6 Å². The third kappa shape index (κ3) is 2.89. The molecule has 1 N–H and O–H groups in total. The molecular formula is C14H12N2O5S2. The molecule has 1 saturated carbocycles. The fourth-order valence-corrected chi connectivity index (χ4v) is 3.65. The van der Waals surface area contributed by atoms with Crippen molar-refractivity contribution in [3.63, 3.8) is 0 Å². The molecule has 0 radical (unpaired) electrons. The van der Waals surface area contributed by atoms with Gasteiger partial charge >= 0.3 is 0 Å². The number of benzene rings is 1. The van der Waals surface area contributed by atoms with Gasteiger partial charge in [0.15, 0.2) is 11.5 Å². The highest BCUT2D eigenvalue weighted by Gasteiger charge is 2.42. The first-order valence-corrected chi connectivity index (χ1v) is 7.97. The minimum Gasteiger partial charge on any atom is -0.504 e. The number of nitro groups is 1. The van der Waals surface area contributed by atoms with Gasteiger partial charge in [-0.05, 0) is 18.9 Å². The van der Waals surface area contributed by atoms with Crippen molar-refractivity contribution in [3.05, 3.63) is 32.7 Å². The first-order valence-electron chi connectivity index (χ1n) is 6.75. The number of aromatic hydroxyl groups is 1. The molecule has 1 aromatic carbocycles. The number of phenols is 1. The van der Waals surface area contributed by atoms with Crippen molar-refractivity contribution in [1.82, 2.24) is 4.90 Å². The maximum atomic E-state index is 12.4. The van der Waals surface area contributed by atoms with Crippen LogP contribution in [0.25, 0.3) is 6.08 Å². The van der Waals surface area contributed by atoms with Crippen LogP contribution in [-0.2, 0) is 4.79 Å². The third-order valence-electron chi connectivity index (χ3n) is 3.54. The Bertz CT molecular complexity index is 758. The lowest BCUT2D eigenvalue weighted by atomic mass is 10.1. The maximum absolute atomic E-state index is 12.4. The highest BCUT2D eigenvalue weighted by molar-refractivity contribution is 8.26. The number of nitro benzene ring substituents is 1. The minimum atomic E-state index is -0.589. The Balaban J connectivity index is 2.01. The van der Waals surface area contributed by atoms with Crippen molar-refractivity contribution < 1.29 is 19.6 Å². The van der Waals surface area contributed by atoms with Gasteiger partial charge in [-0.3, -0.25) is 19.8 Å². The van der Waals surface area contributed by atoms with Crippen LogP contribution in [0.1, 0.15) is 18.4 Å². The van der Waals surface area contributed by atoms with Crippen molar-refractivity contribution in [1.29, 1.82) is 0 Å². The first-order chi connectivity index (χ1) is 10.9. The fourth-order valence-electron chi connectivity index (χ4n) is 2.25. The predicted molar refractivity (Wildman–Crippen MR) is 89.3 cm³/mol. The van der Waals surface area contributed by atoms with Crippen LogP contribution in [0, 0.1) is 10.1 Å². The van der Waals surface area contributed by atoms with Crippen LogP contribution in [0.3, 0.4) is 0 Å². The summed E-state index contributed by atoms with van der Waals surface area (Å²) in [6, 6.07) is 2.48. The summed E-state index contributed by atoms with van der Waals surface area (Å²) in [6.45, 7) is 0. The number of rotatable bonds is 4. The van der Waals surface area contributed by atoms with E-state index in [1.807, 2.05) is 0 Å². The molecule has 0 aromatic heterocycles. The molecule has 1 aliphatic carbocycles. The second kappa shape index (κ2) is 5.82. The highest BCUT2D eigenvalue weighted by atomic mass is 32.2. The van der Waals surface area contributed by atoms with E-state index < -0.39 is 4.92 Å². The van der Waals surface area contributed by atoms with Crippen molar-refractivity contribution in [3.8, 4) is 11.5 Å². The van der Waals surface area contributed by atoms with Gasteiger partial charge < -0.3 is 9.84 Å². The monoisotopic (exact) mass is 352 g/mol. The lowest BCUT2D eigenvalue weighted by molar-refractivity contribution is -0.385. The number of carbonyl (C=O) groups excluding carboxylic acids is 1. The van der Waals surface area contributed by atoms with Gasteiger partial charge in [0.1, 0.15) is 4.32 Å². The summed E-state index contributed by atoms with van der Waals surface area (Å²) < 4.78 is 5.42. The summed E-state index contributed by atoms with van der Waals surface area (Å²) in [5.74, 6) is -0.509. The molecule has 0 atom stereocenters. The Labute approximate surface area is 141 Å². The molecule has 23 heavy (non-hydrogen) atoms. The minimum absolute atomic E-state index is 0.0249. The summed E-state index contributed by atoms with van der Waals surface area (Å²) in [6.07, 6.45) is 3.26. The number of nitrogens with zero attached hydrogens (tertiary/aromatic N) is 2. The van der Waals surface area contributed by atoms with Gasteiger partial charge in [-0.25, -0.2) is 0 Å². The summed E-state index contributed by atoms with van der Waals surface area (Å²) in [7, 11) is 1.30. The summed E-state index contributed by atoms with van der Waals surface area (Å²) >= 11 is 6.34. The van der Waals surface area contributed by atoms with E-state index in [9.17, 15) is 20.0 Å². The zero-order valence-electron chi connectivity index (χ0n) is 12.0. The average molecular weight is 352 g/mol. The summed E-state index contributed by atoms with van der Waals surface area (Å²) in [5, 5.41) is 21.1. The first kappa shape index (κ1) is 15.8. The van der Waals surface area contributed by atoms with Crippen molar-refractivity contribution in [2.45, 2.75) is 18.9 Å². The maximum Gasteiger partial charge on any atom is 0.274 e. The van der Waals surface area contributed by atoms with Gasteiger partial charge in [-0.15, -0.1) is 0 Å². The number of thiocarbonyl (C=S) groups is 1. The normalized spacial score (nSPS) is 19.5. The Hall–Kier alpha value is -2.13. The molecule has 1 heterocycles. The van der Waals surface area contributed by atoms with Crippen LogP contribution in [0.2, 0.25) is 0 Å². The van der Waals surface area contributed by atoms with Crippen molar-refractivity contribution in [2.75, 3.05) is 7.11 Å². The molecule has 2 aliphatic rings. The summed E-state index contributed by atoms with van der Waals surface area (Å²) in [5.41, 5.74) is -0.0871. The number of hydrogen-bond acceptors (Lipinski definition) is 7. The molecule has 1 aliphatic heterocycles. The number of thioether (sulfide) groups is 1. The fraction of sp³-hybridized carbons (Fsp3) is 0.286. The van der Waals surface area contributed by atoms with Crippen LogP contribution in [0.15, 0.2) is 17.0 Å². The number of carbonyl (C=O) groups is 1.